The highest BCUT2D eigenvalue weighted by Crippen LogP contribution is 2.27. The molecule has 0 saturated carbocycles. The number of benzene rings is 1. The van der Waals surface area contributed by atoms with Crippen LogP contribution < -0.4 is 10.2 Å². The van der Waals surface area contributed by atoms with Crippen LogP contribution in [0.15, 0.2) is 12.1 Å². The van der Waals surface area contributed by atoms with Gasteiger partial charge in [-0.1, -0.05) is 0 Å². The molecule has 0 spiro atoms. The van der Waals surface area contributed by atoms with Gasteiger partial charge in [-0.15, -0.1) is 0 Å². The molecule has 1 aliphatic heterocycles. The Morgan fingerprint density at radius 2 is 1.90 bits per heavy atom. The summed E-state index contributed by atoms with van der Waals surface area (Å²) in [4.78, 5) is 23.8. The monoisotopic (exact) mass is 278 g/mol. The number of rotatable bonds is 4. The van der Waals surface area contributed by atoms with Gasteiger partial charge in [-0.2, -0.15) is 0 Å². The Kier molecular flexibility index (Phi) is 4.34. The highest BCUT2D eigenvalue weighted by atomic mass is 16.6. The van der Waals surface area contributed by atoms with Crippen molar-refractivity contribution in [3.8, 4) is 0 Å². The predicted molar refractivity (Wildman–Crippen MR) is 76.0 cm³/mol. The molecule has 108 valence electrons. The Morgan fingerprint density at radius 1 is 1.30 bits per heavy atom. The molecule has 1 fully saturated rings. The minimum absolute atomic E-state index is 0.0436. The molecular weight excluding hydrogens is 258 g/mol. The zero-order valence-corrected chi connectivity index (χ0v) is 11.9. The number of nitrogens with zero attached hydrogens (tertiary/aromatic N) is 1. The number of likely N-dealkylation sites (tertiary alicyclic amines) is 1. The van der Waals surface area contributed by atoms with Gasteiger partial charge in [0.05, 0.1) is 18.0 Å². The third-order valence-electron chi connectivity index (χ3n) is 3.80. The number of anilines is 1. The maximum absolute atomic E-state index is 12.0. The van der Waals surface area contributed by atoms with E-state index in [1.54, 1.807) is 6.07 Å². The molecule has 2 rings (SSSR count). The number of nitro benzene ring substituents is 1. The highest BCUT2D eigenvalue weighted by molar-refractivity contribution is 5.94. The third kappa shape index (κ3) is 3.33. The maximum atomic E-state index is 12.0. The Balaban J connectivity index is 2.13. The van der Waals surface area contributed by atoms with Crippen molar-refractivity contribution in [3.63, 3.8) is 0 Å². The molecule has 20 heavy (non-hydrogen) atoms. The van der Waals surface area contributed by atoms with Crippen molar-refractivity contribution < 1.29 is 14.6 Å². The van der Waals surface area contributed by atoms with E-state index in [9.17, 15) is 14.9 Å². The molecule has 1 saturated heterocycles. The Labute approximate surface area is 117 Å². The highest BCUT2D eigenvalue weighted by Gasteiger charge is 2.22. The van der Waals surface area contributed by atoms with E-state index in [4.69, 9.17) is 0 Å². The van der Waals surface area contributed by atoms with Crippen molar-refractivity contribution in [2.75, 3.05) is 25.0 Å². The van der Waals surface area contributed by atoms with Gasteiger partial charge in [0.15, 0.2) is 6.54 Å². The fourth-order valence-electron chi connectivity index (χ4n) is 2.53. The van der Waals surface area contributed by atoms with Crippen LogP contribution in [0.5, 0.6) is 0 Å². The zero-order valence-electron chi connectivity index (χ0n) is 11.9. The number of carbonyl (C=O) groups excluding carboxylic acids is 1. The van der Waals surface area contributed by atoms with Crippen LogP contribution in [0.3, 0.4) is 0 Å². The Bertz CT molecular complexity index is 537. The molecule has 6 nitrogen and oxygen atoms in total. The third-order valence-corrected chi connectivity index (χ3v) is 3.80. The lowest BCUT2D eigenvalue weighted by Crippen LogP contribution is -3.11. The number of hydrogen-bond donors (Lipinski definition) is 2. The van der Waals surface area contributed by atoms with Crippen molar-refractivity contribution in [1.29, 1.82) is 0 Å². The smallest absolute Gasteiger partial charge is 0.293 e. The Hall–Kier alpha value is -1.95. The van der Waals surface area contributed by atoms with Gasteiger partial charge in [0.25, 0.3) is 11.6 Å². The lowest BCUT2D eigenvalue weighted by molar-refractivity contribution is -0.878. The molecule has 1 aromatic carbocycles. The SMILES string of the molecule is Cc1cc(NC(=O)C[NH+]2CCCC2)c([N+](=O)[O-])cc1C. The summed E-state index contributed by atoms with van der Waals surface area (Å²) in [5.41, 5.74) is 2.03. The summed E-state index contributed by atoms with van der Waals surface area (Å²) in [5, 5.41) is 13.7. The van der Waals surface area contributed by atoms with Crippen molar-refractivity contribution >= 4 is 17.3 Å². The van der Waals surface area contributed by atoms with E-state index >= 15 is 0 Å². The van der Waals surface area contributed by atoms with Crippen LogP contribution in [0, 0.1) is 24.0 Å². The summed E-state index contributed by atoms with van der Waals surface area (Å²) in [7, 11) is 0. The first kappa shape index (κ1) is 14.5. The van der Waals surface area contributed by atoms with Crippen LogP contribution >= 0.6 is 0 Å². The van der Waals surface area contributed by atoms with Crippen LogP contribution in [0.4, 0.5) is 11.4 Å². The molecule has 0 atom stereocenters. The number of nitrogens with one attached hydrogen (secondary N) is 2. The predicted octanol–water partition coefficient (Wildman–Crippen LogP) is 0.829. The van der Waals surface area contributed by atoms with Crippen LogP contribution in [0.2, 0.25) is 0 Å². The lowest BCUT2D eigenvalue weighted by atomic mass is 10.1. The molecule has 6 heteroatoms. The number of hydrogen-bond acceptors (Lipinski definition) is 3. The molecule has 2 N–H and O–H groups in total. The number of amides is 1. The van der Waals surface area contributed by atoms with E-state index in [1.165, 1.54) is 11.0 Å². The van der Waals surface area contributed by atoms with Crippen molar-refractivity contribution in [3.05, 3.63) is 33.4 Å². The minimum Gasteiger partial charge on any atom is -0.327 e. The summed E-state index contributed by atoms with van der Waals surface area (Å²) >= 11 is 0. The first-order valence-corrected chi connectivity index (χ1v) is 6.86. The van der Waals surface area contributed by atoms with E-state index in [2.05, 4.69) is 5.32 Å². The number of aryl methyl sites for hydroxylation is 2. The molecule has 1 aliphatic rings. The van der Waals surface area contributed by atoms with Crippen molar-refractivity contribution in [1.82, 2.24) is 0 Å². The number of carbonyl (C=O) groups is 1. The molecule has 1 amide bonds. The summed E-state index contributed by atoms with van der Waals surface area (Å²) in [5.74, 6) is -0.159. The van der Waals surface area contributed by atoms with Gasteiger partial charge in [-0.25, -0.2) is 0 Å². The van der Waals surface area contributed by atoms with Gasteiger partial charge < -0.3 is 10.2 Å². The second-order valence-electron chi connectivity index (χ2n) is 5.39. The van der Waals surface area contributed by atoms with Gasteiger partial charge >= 0.3 is 0 Å². The maximum Gasteiger partial charge on any atom is 0.293 e. The average molecular weight is 278 g/mol. The lowest BCUT2D eigenvalue weighted by Gasteiger charge is -2.12. The van der Waals surface area contributed by atoms with E-state index in [-0.39, 0.29) is 11.6 Å². The van der Waals surface area contributed by atoms with Gasteiger partial charge in [0, 0.05) is 18.9 Å². The molecular formula is C14H20N3O3+. The van der Waals surface area contributed by atoms with E-state index in [0.717, 1.165) is 37.1 Å². The molecule has 1 heterocycles. The number of quaternary nitrogens is 1. The topological polar surface area (TPSA) is 76.7 Å². The molecule has 0 radical (unpaired) electrons. The van der Waals surface area contributed by atoms with Crippen molar-refractivity contribution in [2.45, 2.75) is 26.7 Å². The first-order valence-electron chi connectivity index (χ1n) is 6.86. The summed E-state index contributed by atoms with van der Waals surface area (Å²) in [6, 6.07) is 3.18. The molecule has 0 unspecified atom stereocenters. The van der Waals surface area contributed by atoms with Crippen LogP contribution in [-0.4, -0.2) is 30.5 Å². The fourth-order valence-corrected chi connectivity index (χ4v) is 2.53. The van der Waals surface area contributed by atoms with E-state index in [0.29, 0.717) is 12.2 Å². The largest absolute Gasteiger partial charge is 0.327 e. The summed E-state index contributed by atoms with van der Waals surface area (Å²) in [6.07, 6.45) is 2.29. The molecule has 1 aromatic rings. The van der Waals surface area contributed by atoms with Gasteiger partial charge in [-0.3, -0.25) is 14.9 Å². The van der Waals surface area contributed by atoms with E-state index < -0.39 is 4.92 Å². The quantitative estimate of drug-likeness (QED) is 0.632. The average Bonchev–Trinajstić information content (AvgIpc) is 2.85. The fraction of sp³-hybridized carbons (Fsp3) is 0.500. The molecule has 0 bridgehead atoms. The summed E-state index contributed by atoms with van der Waals surface area (Å²) < 4.78 is 0. The van der Waals surface area contributed by atoms with Gasteiger partial charge in [0.1, 0.15) is 5.69 Å². The van der Waals surface area contributed by atoms with Crippen molar-refractivity contribution in [2.24, 2.45) is 0 Å². The van der Waals surface area contributed by atoms with Crippen LogP contribution in [-0.2, 0) is 4.79 Å². The number of nitro groups is 1. The van der Waals surface area contributed by atoms with Crippen LogP contribution in [0.25, 0.3) is 0 Å². The van der Waals surface area contributed by atoms with Gasteiger partial charge in [0.2, 0.25) is 0 Å². The second-order valence-corrected chi connectivity index (χ2v) is 5.39. The Morgan fingerprint density at radius 3 is 2.50 bits per heavy atom. The molecule has 0 aromatic heterocycles. The van der Waals surface area contributed by atoms with Crippen LogP contribution in [0.1, 0.15) is 24.0 Å². The summed E-state index contributed by atoms with van der Waals surface area (Å²) in [6.45, 7) is 6.08. The van der Waals surface area contributed by atoms with E-state index in [1.807, 2.05) is 13.8 Å². The molecule has 0 aliphatic carbocycles. The second kappa shape index (κ2) is 6.00. The minimum atomic E-state index is -0.454. The normalized spacial score (nSPS) is 15.3. The van der Waals surface area contributed by atoms with Gasteiger partial charge in [-0.05, 0) is 31.0 Å². The standard InChI is InChI=1S/C14H19N3O3/c1-10-7-12(13(17(19)20)8-11(10)2)15-14(18)9-16-5-3-4-6-16/h7-8H,3-6,9H2,1-2H3,(H,15,18)/p+1. The first-order chi connectivity index (χ1) is 9.47. The zero-order chi connectivity index (χ0) is 14.7.